The van der Waals surface area contributed by atoms with Crippen LogP contribution < -0.4 is 56.8 Å². The summed E-state index contributed by atoms with van der Waals surface area (Å²) < 4.78 is 5.35. The van der Waals surface area contributed by atoms with E-state index in [1.165, 1.54) is 6.07 Å². The van der Waals surface area contributed by atoms with Gasteiger partial charge in [-0.05, 0) is 18.2 Å². The van der Waals surface area contributed by atoms with E-state index in [4.69, 9.17) is 4.42 Å². The molecule has 1 aromatic heterocycles. The van der Waals surface area contributed by atoms with Gasteiger partial charge < -0.3 is 31.4 Å². The van der Waals surface area contributed by atoms with Gasteiger partial charge in [-0.2, -0.15) is 0 Å². The van der Waals surface area contributed by atoms with Crippen LogP contribution >= 0.6 is 0 Å². The summed E-state index contributed by atoms with van der Waals surface area (Å²) in [5, 5.41) is 47.6. The van der Waals surface area contributed by atoms with E-state index in [9.17, 15) is 30.3 Å². The molecule has 0 fully saturated rings. The topological polar surface area (TPSA) is 131 Å². The van der Waals surface area contributed by atoms with Crippen LogP contribution in [0.15, 0.2) is 39.5 Å². The largest absolute Gasteiger partial charge is 1.00 e. The van der Waals surface area contributed by atoms with Gasteiger partial charge in [-0.15, -0.1) is 0 Å². The van der Waals surface area contributed by atoms with Gasteiger partial charge in [0.05, 0.1) is 0 Å². The van der Waals surface area contributed by atoms with Gasteiger partial charge in [0.2, 0.25) is 11.2 Å². The van der Waals surface area contributed by atoms with Crippen molar-refractivity contribution in [1.29, 1.82) is 0 Å². The molecule has 114 valence electrons. The smallest absolute Gasteiger partial charge is 1.00 e. The third-order valence-corrected chi connectivity index (χ3v) is 3.17. The van der Waals surface area contributed by atoms with E-state index < -0.39 is 22.7 Å². The Morgan fingerprint density at radius 2 is 1.57 bits per heavy atom. The number of benzene rings is 2. The molecule has 0 radical (unpaired) electrons. The molecule has 0 saturated heterocycles. The van der Waals surface area contributed by atoms with Crippen LogP contribution in [0.4, 0.5) is 0 Å². The summed E-state index contributed by atoms with van der Waals surface area (Å²) in [5.74, 6) is -2.71. The van der Waals surface area contributed by atoms with Crippen LogP contribution in [0.3, 0.4) is 0 Å². The normalized spacial score (nSPS) is 10.4. The molecule has 0 aliphatic rings. The molecule has 0 saturated carbocycles. The van der Waals surface area contributed by atoms with Gasteiger partial charge in [-0.3, -0.25) is 4.79 Å². The van der Waals surface area contributed by atoms with E-state index >= 15 is 0 Å². The van der Waals surface area contributed by atoms with E-state index in [1.54, 1.807) is 0 Å². The van der Waals surface area contributed by atoms with Crippen molar-refractivity contribution in [2.45, 2.75) is 0 Å². The SMILES string of the molecule is O=c1c(O)c(-c2ccc(O)c(O)c2)oc2cc(O)cc(O)c12.[H-].[K+]. The van der Waals surface area contributed by atoms with Crippen LogP contribution in [0.1, 0.15) is 1.43 Å². The minimum atomic E-state index is -0.888. The second-order valence-corrected chi connectivity index (χ2v) is 4.65. The Kier molecular flexibility index (Phi) is 4.92. The maximum Gasteiger partial charge on any atom is 1.00 e. The standard InChI is InChI=1S/C15H10O7.K.H/c16-7-4-10(19)12-11(5-7)22-15(14(21)13(12)20)6-1-2-8(17)9(18)3-6;;/h1-5,16-19,21H;;/q;+1;-1. The van der Waals surface area contributed by atoms with E-state index in [0.717, 1.165) is 24.3 Å². The first-order chi connectivity index (χ1) is 10.4. The number of rotatable bonds is 1. The zero-order chi connectivity index (χ0) is 16.0. The third kappa shape index (κ3) is 3.03. The second-order valence-electron chi connectivity index (χ2n) is 4.65. The number of hydrogen-bond donors (Lipinski definition) is 5. The van der Waals surface area contributed by atoms with Gasteiger partial charge in [-0.25, -0.2) is 0 Å². The molecule has 8 heteroatoms. The van der Waals surface area contributed by atoms with Crippen LogP contribution in [-0.2, 0) is 0 Å². The summed E-state index contributed by atoms with van der Waals surface area (Å²) in [6.45, 7) is 0. The Labute approximate surface area is 173 Å². The van der Waals surface area contributed by atoms with Crippen molar-refractivity contribution in [3.8, 4) is 40.1 Å². The van der Waals surface area contributed by atoms with Crippen LogP contribution in [0, 0.1) is 0 Å². The predicted octanol–water partition coefficient (Wildman–Crippen LogP) is -0.896. The van der Waals surface area contributed by atoms with Gasteiger partial charge in [-0.1, -0.05) is 0 Å². The molecule has 0 amide bonds. The molecular formula is C15H11KO7. The van der Waals surface area contributed by atoms with E-state index in [-0.39, 0.29) is 86.6 Å². The zero-order valence-corrected chi connectivity index (χ0v) is 15.1. The molecule has 23 heavy (non-hydrogen) atoms. The Bertz CT molecular complexity index is 968. The second kappa shape index (κ2) is 6.42. The van der Waals surface area contributed by atoms with Crippen LogP contribution in [0.25, 0.3) is 22.3 Å². The van der Waals surface area contributed by atoms with Crippen LogP contribution in [0.2, 0.25) is 0 Å². The molecule has 7 nitrogen and oxygen atoms in total. The van der Waals surface area contributed by atoms with Crippen molar-refractivity contribution in [1.82, 2.24) is 0 Å². The molecule has 3 rings (SSSR count). The van der Waals surface area contributed by atoms with E-state index in [0.29, 0.717) is 0 Å². The molecule has 3 aromatic rings. The fraction of sp³-hybridized carbons (Fsp3) is 0. The molecule has 0 spiro atoms. The maximum atomic E-state index is 12.1. The summed E-state index contributed by atoms with van der Waals surface area (Å²) in [6, 6.07) is 5.64. The number of aromatic hydroxyl groups is 5. The summed E-state index contributed by atoms with van der Waals surface area (Å²) in [7, 11) is 0. The molecule has 0 aliphatic carbocycles. The molecule has 0 aliphatic heterocycles. The van der Waals surface area contributed by atoms with Crippen molar-refractivity contribution >= 4 is 11.0 Å². The summed E-state index contributed by atoms with van der Waals surface area (Å²) in [6.07, 6.45) is 0. The number of fused-ring (bicyclic) bond motifs is 1. The molecule has 0 bridgehead atoms. The van der Waals surface area contributed by atoms with Crippen molar-refractivity contribution in [2.24, 2.45) is 0 Å². The summed E-state index contributed by atoms with van der Waals surface area (Å²) in [4.78, 5) is 12.1. The van der Waals surface area contributed by atoms with Crippen molar-refractivity contribution in [2.75, 3.05) is 0 Å². The Morgan fingerprint density at radius 3 is 2.22 bits per heavy atom. The molecule has 5 N–H and O–H groups in total. The molecule has 1 heterocycles. The maximum absolute atomic E-state index is 12.1. The Hall–Kier alpha value is -1.71. The zero-order valence-electron chi connectivity index (χ0n) is 12.9. The quantitative estimate of drug-likeness (QED) is 0.286. The van der Waals surface area contributed by atoms with Crippen LogP contribution in [0.5, 0.6) is 28.7 Å². The molecule has 0 unspecified atom stereocenters. The van der Waals surface area contributed by atoms with Crippen molar-refractivity contribution in [3.63, 3.8) is 0 Å². The van der Waals surface area contributed by atoms with E-state index in [2.05, 4.69) is 0 Å². The first-order valence-electron chi connectivity index (χ1n) is 6.12. The van der Waals surface area contributed by atoms with Gasteiger partial charge >= 0.3 is 51.4 Å². The molecule has 0 atom stereocenters. The van der Waals surface area contributed by atoms with Gasteiger partial charge in [0.1, 0.15) is 22.5 Å². The number of phenols is 4. The van der Waals surface area contributed by atoms with Crippen molar-refractivity contribution in [3.05, 3.63) is 40.6 Å². The first-order valence-corrected chi connectivity index (χ1v) is 6.12. The minimum absolute atomic E-state index is 0. The Balaban J connectivity index is 0.00000144. The first kappa shape index (κ1) is 17.6. The summed E-state index contributed by atoms with van der Waals surface area (Å²) >= 11 is 0. The predicted molar refractivity (Wildman–Crippen MR) is 77.4 cm³/mol. The average Bonchev–Trinajstić information content (AvgIpc) is 2.45. The monoisotopic (exact) mass is 342 g/mol. The van der Waals surface area contributed by atoms with Gasteiger partial charge in [0.15, 0.2) is 17.3 Å². The average molecular weight is 342 g/mol. The fourth-order valence-electron chi connectivity index (χ4n) is 2.14. The number of hydrogen-bond acceptors (Lipinski definition) is 7. The molecular weight excluding hydrogens is 331 g/mol. The summed E-state index contributed by atoms with van der Waals surface area (Å²) in [5.41, 5.74) is -0.890. The van der Waals surface area contributed by atoms with Gasteiger partial charge in [0, 0.05) is 17.7 Å². The van der Waals surface area contributed by atoms with Gasteiger partial charge in [0.25, 0.3) is 0 Å². The van der Waals surface area contributed by atoms with Crippen LogP contribution in [-0.4, -0.2) is 25.5 Å². The van der Waals surface area contributed by atoms with E-state index in [1.807, 2.05) is 0 Å². The van der Waals surface area contributed by atoms with Crippen molar-refractivity contribution < 1.29 is 82.8 Å². The molecule has 2 aromatic carbocycles. The number of phenolic OH excluding ortho intramolecular Hbond substituents is 4. The Morgan fingerprint density at radius 1 is 0.870 bits per heavy atom. The minimum Gasteiger partial charge on any atom is -1.00 e. The third-order valence-electron chi connectivity index (χ3n) is 3.17. The fourth-order valence-corrected chi connectivity index (χ4v) is 2.14.